The van der Waals surface area contributed by atoms with Crippen LogP contribution in [0.2, 0.25) is 0 Å². The Bertz CT molecular complexity index is 1340. The van der Waals surface area contributed by atoms with Crippen molar-refractivity contribution in [3.05, 3.63) is 70.3 Å². The van der Waals surface area contributed by atoms with Gasteiger partial charge in [-0.1, -0.05) is 6.07 Å². The molecule has 1 heterocycles. The molecule has 0 saturated carbocycles. The standard InChI is InChI=1S/C23H19N3O7/c1-30-19-10-14(11-20(31-2)21(19)32-3)23-25-17-12-15(7-8-18(17)33-23)24-22(27)13-5-4-6-16(9-13)26(28)29/h4-12H,1-3H3,(H,24,27). The maximum atomic E-state index is 12.5. The highest BCUT2D eigenvalue weighted by Crippen LogP contribution is 2.41. The predicted molar refractivity (Wildman–Crippen MR) is 120 cm³/mol. The first-order valence-electron chi connectivity index (χ1n) is 9.70. The first kappa shape index (κ1) is 21.6. The number of nitro benzene ring substituents is 1. The van der Waals surface area contributed by atoms with E-state index in [1.54, 1.807) is 30.3 Å². The molecule has 0 saturated heterocycles. The van der Waals surface area contributed by atoms with Crippen LogP contribution in [-0.4, -0.2) is 37.1 Å². The Hall–Kier alpha value is -4.60. The number of nitro groups is 1. The lowest BCUT2D eigenvalue weighted by Crippen LogP contribution is -2.12. The van der Waals surface area contributed by atoms with Gasteiger partial charge in [0.05, 0.1) is 26.3 Å². The molecule has 0 bridgehead atoms. The van der Waals surface area contributed by atoms with Crippen molar-refractivity contribution in [3.8, 4) is 28.7 Å². The van der Waals surface area contributed by atoms with Gasteiger partial charge < -0.3 is 23.9 Å². The fourth-order valence-electron chi connectivity index (χ4n) is 3.30. The lowest BCUT2D eigenvalue weighted by Gasteiger charge is -2.12. The van der Waals surface area contributed by atoms with Gasteiger partial charge in [-0.05, 0) is 36.4 Å². The van der Waals surface area contributed by atoms with Crippen LogP contribution >= 0.6 is 0 Å². The zero-order chi connectivity index (χ0) is 23.5. The number of aromatic nitrogens is 1. The van der Waals surface area contributed by atoms with Gasteiger partial charge in [-0.25, -0.2) is 4.98 Å². The molecule has 0 unspecified atom stereocenters. The summed E-state index contributed by atoms with van der Waals surface area (Å²) in [4.78, 5) is 27.4. The van der Waals surface area contributed by atoms with Crippen LogP contribution in [0.25, 0.3) is 22.6 Å². The number of ether oxygens (including phenoxy) is 3. The van der Waals surface area contributed by atoms with E-state index in [1.165, 1.54) is 45.6 Å². The summed E-state index contributed by atoms with van der Waals surface area (Å²) in [7, 11) is 4.55. The van der Waals surface area contributed by atoms with Crippen molar-refractivity contribution in [2.75, 3.05) is 26.6 Å². The van der Waals surface area contributed by atoms with Crippen LogP contribution in [0.15, 0.2) is 59.0 Å². The third-order valence-corrected chi connectivity index (χ3v) is 4.88. The van der Waals surface area contributed by atoms with Crippen molar-refractivity contribution in [3.63, 3.8) is 0 Å². The number of methoxy groups -OCH3 is 3. The largest absolute Gasteiger partial charge is 0.493 e. The van der Waals surface area contributed by atoms with E-state index in [0.29, 0.717) is 45.5 Å². The molecule has 168 valence electrons. The van der Waals surface area contributed by atoms with Gasteiger partial charge in [0.25, 0.3) is 11.6 Å². The Labute approximate surface area is 187 Å². The number of fused-ring (bicyclic) bond motifs is 1. The van der Waals surface area contributed by atoms with Gasteiger partial charge >= 0.3 is 0 Å². The van der Waals surface area contributed by atoms with Gasteiger partial charge in [-0.15, -0.1) is 0 Å². The fourth-order valence-corrected chi connectivity index (χ4v) is 3.30. The molecule has 33 heavy (non-hydrogen) atoms. The second-order valence-corrected chi connectivity index (χ2v) is 6.88. The third kappa shape index (κ3) is 4.26. The molecule has 10 nitrogen and oxygen atoms in total. The van der Waals surface area contributed by atoms with Gasteiger partial charge in [-0.2, -0.15) is 0 Å². The van der Waals surface area contributed by atoms with E-state index in [2.05, 4.69) is 10.3 Å². The fraction of sp³-hybridized carbons (Fsp3) is 0.130. The topological polar surface area (TPSA) is 126 Å². The Kier molecular flexibility index (Phi) is 5.81. The molecule has 4 aromatic rings. The number of anilines is 1. The molecule has 0 aliphatic carbocycles. The van der Waals surface area contributed by atoms with Crippen LogP contribution in [0.5, 0.6) is 17.2 Å². The zero-order valence-corrected chi connectivity index (χ0v) is 17.9. The van der Waals surface area contributed by atoms with Gasteiger partial charge in [-0.3, -0.25) is 14.9 Å². The van der Waals surface area contributed by atoms with Gasteiger partial charge in [0.15, 0.2) is 17.1 Å². The third-order valence-electron chi connectivity index (χ3n) is 4.88. The minimum atomic E-state index is -0.553. The summed E-state index contributed by atoms with van der Waals surface area (Å²) in [5.74, 6) is 1.21. The number of hydrogen-bond acceptors (Lipinski definition) is 8. The molecule has 0 atom stereocenters. The second-order valence-electron chi connectivity index (χ2n) is 6.88. The van der Waals surface area contributed by atoms with Crippen molar-refractivity contribution >= 4 is 28.4 Å². The summed E-state index contributed by atoms with van der Waals surface area (Å²) in [5.41, 5.74) is 2.10. The van der Waals surface area contributed by atoms with Crippen LogP contribution in [0.4, 0.5) is 11.4 Å². The number of benzene rings is 3. The molecule has 0 aliphatic heterocycles. The van der Waals surface area contributed by atoms with E-state index < -0.39 is 10.8 Å². The van der Waals surface area contributed by atoms with Crippen molar-refractivity contribution in [2.24, 2.45) is 0 Å². The number of rotatable bonds is 7. The summed E-state index contributed by atoms with van der Waals surface area (Å²) < 4.78 is 22.0. The Morgan fingerprint density at radius 1 is 1.00 bits per heavy atom. The van der Waals surface area contributed by atoms with Crippen molar-refractivity contribution in [1.82, 2.24) is 4.98 Å². The highest BCUT2D eigenvalue weighted by molar-refractivity contribution is 6.05. The number of nitrogens with one attached hydrogen (secondary N) is 1. The van der Waals surface area contributed by atoms with E-state index >= 15 is 0 Å². The molecule has 10 heteroatoms. The van der Waals surface area contributed by atoms with Crippen LogP contribution in [0.1, 0.15) is 10.4 Å². The van der Waals surface area contributed by atoms with E-state index in [0.717, 1.165) is 0 Å². The second kappa shape index (κ2) is 8.87. The summed E-state index contributed by atoms with van der Waals surface area (Å²) >= 11 is 0. The zero-order valence-electron chi connectivity index (χ0n) is 17.9. The van der Waals surface area contributed by atoms with Crippen molar-refractivity contribution in [1.29, 1.82) is 0 Å². The van der Waals surface area contributed by atoms with Crippen LogP contribution in [-0.2, 0) is 0 Å². The maximum Gasteiger partial charge on any atom is 0.270 e. The van der Waals surface area contributed by atoms with E-state index in [1.807, 2.05) is 0 Å². The molecule has 0 spiro atoms. The number of amides is 1. The number of hydrogen-bond donors (Lipinski definition) is 1. The van der Waals surface area contributed by atoms with Gasteiger partial charge in [0.1, 0.15) is 5.52 Å². The van der Waals surface area contributed by atoms with Gasteiger partial charge in [0.2, 0.25) is 11.6 Å². The van der Waals surface area contributed by atoms with E-state index in [-0.39, 0.29) is 11.3 Å². The first-order valence-corrected chi connectivity index (χ1v) is 9.70. The normalized spacial score (nSPS) is 10.6. The molecular weight excluding hydrogens is 430 g/mol. The molecule has 0 radical (unpaired) electrons. The number of oxazole rings is 1. The molecule has 1 amide bonds. The number of carbonyl (C=O) groups is 1. The van der Waals surface area contributed by atoms with Crippen molar-refractivity contribution < 1.29 is 28.3 Å². The minimum absolute atomic E-state index is 0.162. The number of nitrogens with zero attached hydrogens (tertiary/aromatic N) is 2. The Balaban J connectivity index is 1.64. The first-order chi connectivity index (χ1) is 15.9. The number of carbonyl (C=O) groups excluding carboxylic acids is 1. The predicted octanol–water partition coefficient (Wildman–Crippen LogP) is 4.68. The minimum Gasteiger partial charge on any atom is -0.493 e. The molecular formula is C23H19N3O7. The Morgan fingerprint density at radius 3 is 2.36 bits per heavy atom. The van der Waals surface area contributed by atoms with E-state index in [9.17, 15) is 14.9 Å². The molecule has 0 fully saturated rings. The molecule has 3 aromatic carbocycles. The lowest BCUT2D eigenvalue weighted by atomic mass is 10.2. The SMILES string of the molecule is COc1cc(-c2nc3cc(NC(=O)c4cccc([N+](=O)[O-])c4)ccc3o2)cc(OC)c1OC. The van der Waals surface area contributed by atoms with Crippen LogP contribution in [0, 0.1) is 10.1 Å². The monoisotopic (exact) mass is 449 g/mol. The highest BCUT2D eigenvalue weighted by atomic mass is 16.6. The average molecular weight is 449 g/mol. The number of non-ortho nitro benzene ring substituents is 1. The summed E-state index contributed by atoms with van der Waals surface area (Å²) in [6.07, 6.45) is 0. The molecule has 1 aromatic heterocycles. The average Bonchev–Trinajstić information content (AvgIpc) is 3.26. The summed E-state index contributed by atoms with van der Waals surface area (Å²) in [5, 5.41) is 13.7. The highest BCUT2D eigenvalue weighted by Gasteiger charge is 2.18. The van der Waals surface area contributed by atoms with Gasteiger partial charge in [0, 0.05) is 28.9 Å². The van der Waals surface area contributed by atoms with Crippen LogP contribution < -0.4 is 19.5 Å². The lowest BCUT2D eigenvalue weighted by molar-refractivity contribution is -0.384. The quantitative estimate of drug-likeness (QED) is 0.318. The molecule has 4 rings (SSSR count). The van der Waals surface area contributed by atoms with E-state index in [4.69, 9.17) is 18.6 Å². The van der Waals surface area contributed by atoms with Crippen LogP contribution in [0.3, 0.4) is 0 Å². The molecule has 1 N–H and O–H groups in total. The van der Waals surface area contributed by atoms with Crippen molar-refractivity contribution in [2.45, 2.75) is 0 Å². The summed E-state index contributed by atoms with van der Waals surface area (Å²) in [6.45, 7) is 0. The molecule has 0 aliphatic rings. The summed E-state index contributed by atoms with van der Waals surface area (Å²) in [6, 6.07) is 13.9. The maximum absolute atomic E-state index is 12.5. The smallest absolute Gasteiger partial charge is 0.270 e. The Morgan fingerprint density at radius 2 is 1.73 bits per heavy atom.